The third kappa shape index (κ3) is 4.28. The first-order valence-corrected chi connectivity index (χ1v) is 12.4. The highest BCUT2D eigenvalue weighted by atomic mass is 79.9. The van der Waals surface area contributed by atoms with Crippen LogP contribution in [0.2, 0.25) is 0 Å². The molecule has 1 amide bonds. The molecule has 1 unspecified atom stereocenters. The number of amides is 1. The van der Waals surface area contributed by atoms with Crippen LogP contribution in [0.5, 0.6) is 0 Å². The van der Waals surface area contributed by atoms with E-state index in [4.69, 9.17) is 0 Å². The van der Waals surface area contributed by atoms with Crippen molar-refractivity contribution in [3.8, 4) is 5.69 Å². The van der Waals surface area contributed by atoms with E-state index >= 15 is 0 Å². The minimum atomic E-state index is -1.10. The average molecular weight is 522 g/mol. The first kappa shape index (κ1) is 22.8. The van der Waals surface area contributed by atoms with Gasteiger partial charge in [-0.25, -0.2) is 4.68 Å². The molecular weight excluding hydrogens is 494 g/mol. The zero-order valence-electron chi connectivity index (χ0n) is 19.4. The molecule has 2 aromatic heterocycles. The van der Waals surface area contributed by atoms with Gasteiger partial charge >= 0.3 is 0 Å². The number of hydrogen-bond donors (Lipinski definition) is 2. The summed E-state index contributed by atoms with van der Waals surface area (Å²) in [6, 6.07) is 14.0. The normalized spacial score (nSPS) is 18.9. The highest BCUT2D eigenvalue weighted by Crippen LogP contribution is 2.33. The minimum absolute atomic E-state index is 0.0891. The Hall–Kier alpha value is -2.97. The Morgan fingerprint density at radius 3 is 2.82 bits per heavy atom. The van der Waals surface area contributed by atoms with Gasteiger partial charge in [-0.05, 0) is 68.5 Å². The number of aromatic nitrogens is 4. The molecule has 1 atom stereocenters. The number of rotatable bonds is 4. The third-order valence-corrected chi connectivity index (χ3v) is 7.39. The highest BCUT2D eigenvalue weighted by molar-refractivity contribution is 9.10. The van der Waals surface area contributed by atoms with Gasteiger partial charge in [0.05, 0.1) is 18.3 Å². The monoisotopic (exact) mass is 521 g/mol. The molecule has 0 aliphatic carbocycles. The van der Waals surface area contributed by atoms with Crippen molar-refractivity contribution in [1.29, 1.82) is 0 Å². The fourth-order valence-corrected chi connectivity index (χ4v) is 5.40. The van der Waals surface area contributed by atoms with Crippen LogP contribution in [-0.4, -0.2) is 49.0 Å². The van der Waals surface area contributed by atoms with E-state index in [9.17, 15) is 9.90 Å². The molecule has 2 aromatic carbocycles. The largest absolute Gasteiger partial charge is 0.383 e. The fourth-order valence-electron chi connectivity index (χ4n) is 4.92. The zero-order valence-corrected chi connectivity index (χ0v) is 21.0. The number of aliphatic hydroxyl groups is 1. The van der Waals surface area contributed by atoms with E-state index in [-0.39, 0.29) is 5.91 Å². The van der Waals surface area contributed by atoms with Crippen LogP contribution in [0.4, 0.5) is 0 Å². The Morgan fingerprint density at radius 1 is 1.18 bits per heavy atom. The van der Waals surface area contributed by atoms with E-state index in [1.807, 2.05) is 61.3 Å². The number of halogens is 1. The first-order chi connectivity index (χ1) is 16.3. The van der Waals surface area contributed by atoms with Gasteiger partial charge in [0.15, 0.2) is 0 Å². The molecule has 0 spiro atoms. The Balaban J connectivity index is 1.31. The summed E-state index contributed by atoms with van der Waals surface area (Å²) >= 11 is 3.49. The third-order valence-electron chi connectivity index (χ3n) is 6.90. The van der Waals surface area contributed by atoms with Crippen LogP contribution in [0.25, 0.3) is 16.6 Å². The molecule has 1 aliphatic heterocycles. The summed E-state index contributed by atoms with van der Waals surface area (Å²) in [6.07, 6.45) is 3.85. The second-order valence-electron chi connectivity index (χ2n) is 9.20. The van der Waals surface area contributed by atoms with Gasteiger partial charge < -0.3 is 15.0 Å². The van der Waals surface area contributed by atoms with Crippen LogP contribution >= 0.6 is 15.9 Å². The lowest BCUT2D eigenvalue weighted by Gasteiger charge is -2.24. The number of H-pyrrole nitrogens is 1. The summed E-state index contributed by atoms with van der Waals surface area (Å²) in [6.45, 7) is 5.14. The van der Waals surface area contributed by atoms with E-state index in [1.54, 1.807) is 4.68 Å². The molecule has 1 saturated heterocycles. The number of benzene rings is 2. The number of nitrogens with zero attached hydrogens (tertiary/aromatic N) is 4. The second kappa shape index (κ2) is 9.00. The number of nitrogens with one attached hydrogen (secondary N) is 1. The van der Waals surface area contributed by atoms with Crippen molar-refractivity contribution in [2.45, 2.75) is 45.1 Å². The number of carbonyl (C=O) groups excluding carboxylic acids is 1. The SMILES string of the molecule is Cc1cc(Br)ccc1-n1cc(C2(O)CCCN(C(=O)Cc3c(C)[nH]c4ccccc34)CC2)nn1. The van der Waals surface area contributed by atoms with Crippen LogP contribution in [0, 0.1) is 13.8 Å². The van der Waals surface area contributed by atoms with Crippen molar-refractivity contribution in [2.75, 3.05) is 13.1 Å². The van der Waals surface area contributed by atoms with Gasteiger partial charge in [-0.2, -0.15) is 0 Å². The molecule has 4 aromatic rings. The molecule has 0 radical (unpaired) electrons. The van der Waals surface area contributed by atoms with Gasteiger partial charge in [0.1, 0.15) is 11.3 Å². The maximum Gasteiger partial charge on any atom is 0.227 e. The maximum absolute atomic E-state index is 13.2. The van der Waals surface area contributed by atoms with E-state index in [0.29, 0.717) is 44.5 Å². The Labute approximate surface area is 206 Å². The molecule has 1 aliphatic rings. The number of carbonyl (C=O) groups is 1. The van der Waals surface area contributed by atoms with E-state index in [0.717, 1.165) is 37.9 Å². The molecule has 34 heavy (non-hydrogen) atoms. The molecule has 7 nitrogen and oxygen atoms in total. The molecular formula is C26H28BrN5O2. The first-order valence-electron chi connectivity index (χ1n) is 11.6. The number of likely N-dealkylation sites (tertiary alicyclic amines) is 1. The molecule has 176 valence electrons. The average Bonchev–Trinajstić information content (AvgIpc) is 3.35. The van der Waals surface area contributed by atoms with Crippen molar-refractivity contribution in [2.24, 2.45) is 0 Å². The summed E-state index contributed by atoms with van der Waals surface area (Å²) in [5.74, 6) is 0.0891. The van der Waals surface area contributed by atoms with Gasteiger partial charge in [-0.1, -0.05) is 39.3 Å². The van der Waals surface area contributed by atoms with E-state index in [1.165, 1.54) is 0 Å². The summed E-state index contributed by atoms with van der Waals surface area (Å²) in [7, 11) is 0. The van der Waals surface area contributed by atoms with E-state index in [2.05, 4.69) is 37.3 Å². The molecule has 2 N–H and O–H groups in total. The molecule has 3 heterocycles. The lowest BCUT2D eigenvalue weighted by atomic mass is 9.92. The van der Waals surface area contributed by atoms with Crippen molar-refractivity contribution in [1.82, 2.24) is 24.9 Å². The van der Waals surface area contributed by atoms with Gasteiger partial charge in [0, 0.05) is 34.2 Å². The highest BCUT2D eigenvalue weighted by Gasteiger charge is 2.36. The Morgan fingerprint density at radius 2 is 2.00 bits per heavy atom. The molecule has 8 heteroatoms. The van der Waals surface area contributed by atoms with Crippen molar-refractivity contribution >= 4 is 32.7 Å². The van der Waals surface area contributed by atoms with Gasteiger partial charge in [-0.3, -0.25) is 4.79 Å². The van der Waals surface area contributed by atoms with Gasteiger partial charge in [0.25, 0.3) is 0 Å². The fraction of sp³-hybridized carbons (Fsp3) is 0.346. The lowest BCUT2D eigenvalue weighted by Crippen LogP contribution is -2.34. The van der Waals surface area contributed by atoms with Crippen molar-refractivity contribution in [3.63, 3.8) is 0 Å². The summed E-state index contributed by atoms with van der Waals surface area (Å²) in [5.41, 5.74) is 4.56. The smallest absolute Gasteiger partial charge is 0.227 e. The predicted molar refractivity (Wildman–Crippen MR) is 135 cm³/mol. The van der Waals surface area contributed by atoms with Crippen LogP contribution in [0.1, 0.15) is 41.8 Å². The second-order valence-corrected chi connectivity index (χ2v) is 10.1. The molecule has 1 fully saturated rings. The summed E-state index contributed by atoms with van der Waals surface area (Å²) < 4.78 is 2.71. The minimum Gasteiger partial charge on any atom is -0.383 e. The van der Waals surface area contributed by atoms with Crippen LogP contribution in [-0.2, 0) is 16.8 Å². The summed E-state index contributed by atoms with van der Waals surface area (Å²) in [5, 5.41) is 21.2. The standard InChI is InChI=1S/C26H28BrN5O2/c1-17-14-19(27)8-9-23(17)32-16-24(29-30-32)26(34)10-5-12-31(13-11-26)25(33)15-21-18(2)28-22-7-4-3-6-20(21)22/h3-4,6-9,14,16,28,34H,5,10-13,15H2,1-2H3. The lowest BCUT2D eigenvalue weighted by molar-refractivity contribution is -0.130. The summed E-state index contributed by atoms with van der Waals surface area (Å²) in [4.78, 5) is 18.5. The quantitative estimate of drug-likeness (QED) is 0.411. The molecule has 5 rings (SSSR count). The number of aryl methyl sites for hydroxylation is 2. The predicted octanol–water partition coefficient (Wildman–Crippen LogP) is 4.57. The number of aromatic amines is 1. The topological polar surface area (TPSA) is 87.0 Å². The zero-order chi connectivity index (χ0) is 23.9. The van der Waals surface area contributed by atoms with Crippen LogP contribution in [0.3, 0.4) is 0 Å². The number of fused-ring (bicyclic) bond motifs is 1. The van der Waals surface area contributed by atoms with E-state index < -0.39 is 5.60 Å². The molecule has 0 saturated carbocycles. The Kier molecular flexibility index (Phi) is 6.04. The van der Waals surface area contributed by atoms with Gasteiger partial charge in [-0.15, -0.1) is 5.10 Å². The maximum atomic E-state index is 13.2. The Bertz CT molecular complexity index is 1360. The van der Waals surface area contributed by atoms with Crippen LogP contribution < -0.4 is 0 Å². The number of hydrogen-bond acceptors (Lipinski definition) is 4. The molecule has 0 bridgehead atoms. The van der Waals surface area contributed by atoms with Gasteiger partial charge in [0.2, 0.25) is 5.91 Å². The number of para-hydroxylation sites is 1. The van der Waals surface area contributed by atoms with Crippen LogP contribution in [0.15, 0.2) is 53.1 Å². The van der Waals surface area contributed by atoms with Crippen molar-refractivity contribution < 1.29 is 9.90 Å². The van der Waals surface area contributed by atoms with Crippen molar-refractivity contribution in [3.05, 3.63) is 75.6 Å².